The minimum atomic E-state index is 1.33. The molecule has 0 aliphatic heterocycles. The maximum absolute atomic E-state index is 2.36. The average molecular weight is 313 g/mol. The fraction of sp³-hybridized carbons (Fsp3) is 0. The lowest BCUT2D eigenvalue weighted by atomic mass is 9.72. The summed E-state index contributed by atoms with van der Waals surface area (Å²) in [6.07, 6.45) is 0. The van der Waals surface area contributed by atoms with Gasteiger partial charge in [0, 0.05) is 32.3 Å². The molecule has 0 nitrogen and oxygen atoms in total. The van der Waals surface area contributed by atoms with Gasteiger partial charge in [-0.15, -0.1) is 0 Å². The molecule has 0 heterocycles. The topological polar surface area (TPSA) is 0 Å². The van der Waals surface area contributed by atoms with Crippen LogP contribution in [0.2, 0.25) is 0 Å². The molecule has 0 saturated carbocycles. The molecule has 0 bridgehead atoms. The van der Waals surface area contributed by atoms with E-state index in [0.717, 1.165) is 0 Å². The molecule has 0 radical (unpaired) electrons. The third kappa shape index (κ3) is 1.27. The first kappa shape index (κ1) is 12.2. The minimum Gasteiger partial charge on any atom is -0.0610 e. The standard InChI is InChI=1S/C25H13/c1-3-14-11-12-20-19-6-2-4-15-7-8-16-9-10-18-13-17(5-1)21(14)25(20)24(18)23(16)22(15)19/h1-13H/q+1. The number of fused-ring (bicyclic) bond motifs is 1. The van der Waals surface area contributed by atoms with E-state index in [1.807, 2.05) is 0 Å². The van der Waals surface area contributed by atoms with E-state index in [2.05, 4.69) is 78.9 Å². The second-order valence-electron chi connectivity index (χ2n) is 7.17. The fourth-order valence-electron chi connectivity index (χ4n) is 5.00. The Morgan fingerprint density at radius 1 is 0.520 bits per heavy atom. The first-order valence-electron chi connectivity index (χ1n) is 8.80. The van der Waals surface area contributed by atoms with E-state index < -0.39 is 0 Å². The molecule has 7 rings (SSSR count). The van der Waals surface area contributed by atoms with Crippen LogP contribution in [0.5, 0.6) is 0 Å². The fourth-order valence-corrected chi connectivity index (χ4v) is 5.00. The van der Waals surface area contributed by atoms with Crippen molar-refractivity contribution < 1.29 is 0 Å². The zero-order valence-electron chi connectivity index (χ0n) is 13.5. The number of benzene rings is 4. The van der Waals surface area contributed by atoms with Crippen molar-refractivity contribution in [3.05, 3.63) is 101 Å². The quantitative estimate of drug-likeness (QED) is 0.170. The first-order valence-corrected chi connectivity index (χ1v) is 8.80. The van der Waals surface area contributed by atoms with Crippen LogP contribution >= 0.6 is 0 Å². The van der Waals surface area contributed by atoms with Gasteiger partial charge in [0.1, 0.15) is 0 Å². The highest BCUT2D eigenvalue weighted by Crippen LogP contribution is 2.50. The molecule has 0 amide bonds. The summed E-state index contributed by atoms with van der Waals surface area (Å²) in [7, 11) is 0. The summed E-state index contributed by atoms with van der Waals surface area (Å²) in [5.41, 5.74) is 4.14. The van der Waals surface area contributed by atoms with Crippen LogP contribution in [0.3, 0.4) is 0 Å². The first-order chi connectivity index (χ1) is 12.4. The molecule has 0 N–H and O–H groups in total. The van der Waals surface area contributed by atoms with Gasteiger partial charge in [0.2, 0.25) is 0 Å². The average Bonchev–Trinajstić information content (AvgIpc) is 2.67. The van der Waals surface area contributed by atoms with Crippen molar-refractivity contribution in [2.75, 3.05) is 0 Å². The molecule has 0 spiro atoms. The van der Waals surface area contributed by atoms with Gasteiger partial charge in [0.05, 0.1) is 22.6 Å². The molecule has 0 aromatic heterocycles. The van der Waals surface area contributed by atoms with Crippen LogP contribution in [0, 0.1) is 5.92 Å². The Morgan fingerprint density at radius 3 is 2.28 bits per heavy atom. The second-order valence-corrected chi connectivity index (χ2v) is 7.17. The zero-order valence-corrected chi connectivity index (χ0v) is 13.5. The Morgan fingerprint density at radius 2 is 1.28 bits per heavy atom. The molecule has 4 aromatic rings. The van der Waals surface area contributed by atoms with Gasteiger partial charge in [0.15, 0.2) is 0 Å². The molecule has 25 heavy (non-hydrogen) atoms. The number of hydrogen-bond acceptors (Lipinski definition) is 0. The van der Waals surface area contributed by atoms with Crippen LogP contribution in [-0.2, 0) is 0 Å². The Kier molecular flexibility index (Phi) is 1.88. The van der Waals surface area contributed by atoms with E-state index >= 15 is 0 Å². The maximum atomic E-state index is 2.36. The third-order valence-electron chi connectivity index (χ3n) is 5.99. The van der Waals surface area contributed by atoms with Crippen LogP contribution in [0.1, 0.15) is 16.7 Å². The van der Waals surface area contributed by atoms with Crippen molar-refractivity contribution in [2.24, 2.45) is 0 Å². The normalized spacial score (nSPS) is 13.5. The predicted octanol–water partition coefficient (Wildman–Crippen LogP) is 6.51. The largest absolute Gasteiger partial charge is 0.0707 e. The van der Waals surface area contributed by atoms with Gasteiger partial charge >= 0.3 is 0 Å². The zero-order chi connectivity index (χ0) is 16.1. The summed E-state index contributed by atoms with van der Waals surface area (Å²) in [6.45, 7) is 0. The van der Waals surface area contributed by atoms with Gasteiger partial charge in [-0.2, -0.15) is 0 Å². The van der Waals surface area contributed by atoms with E-state index in [9.17, 15) is 0 Å². The Bertz CT molecular complexity index is 1440. The van der Waals surface area contributed by atoms with Gasteiger partial charge in [-0.25, -0.2) is 0 Å². The van der Waals surface area contributed by atoms with Crippen molar-refractivity contribution in [3.8, 4) is 0 Å². The number of rotatable bonds is 0. The van der Waals surface area contributed by atoms with Crippen LogP contribution < -0.4 is 0 Å². The third-order valence-corrected chi connectivity index (χ3v) is 5.99. The summed E-state index contributed by atoms with van der Waals surface area (Å²) in [4.78, 5) is 0. The van der Waals surface area contributed by atoms with E-state index in [-0.39, 0.29) is 0 Å². The lowest BCUT2D eigenvalue weighted by Gasteiger charge is -2.25. The van der Waals surface area contributed by atoms with Crippen molar-refractivity contribution in [1.82, 2.24) is 0 Å². The molecule has 112 valence electrons. The lowest BCUT2D eigenvalue weighted by Crippen LogP contribution is -2.12. The molecule has 3 aliphatic rings. The molecule has 0 unspecified atom stereocenters. The van der Waals surface area contributed by atoms with E-state index in [1.54, 1.807) is 0 Å². The summed E-state index contributed by atoms with van der Waals surface area (Å²) < 4.78 is 0. The van der Waals surface area contributed by atoms with E-state index in [4.69, 9.17) is 0 Å². The molecule has 0 atom stereocenters. The molecule has 0 fully saturated rings. The highest BCUT2D eigenvalue weighted by atomic mass is 14.3. The summed E-state index contributed by atoms with van der Waals surface area (Å²) in [6, 6.07) is 29.4. The second kappa shape index (κ2) is 3.87. The van der Waals surface area contributed by atoms with E-state index in [1.165, 1.54) is 65.7 Å². The summed E-state index contributed by atoms with van der Waals surface area (Å²) in [5.74, 6) is 1.41. The van der Waals surface area contributed by atoms with Gasteiger partial charge in [-0.1, -0.05) is 18.2 Å². The molecule has 0 heteroatoms. The molecule has 0 saturated heterocycles. The van der Waals surface area contributed by atoms with Crippen molar-refractivity contribution in [1.29, 1.82) is 0 Å². The molecular weight excluding hydrogens is 300 g/mol. The monoisotopic (exact) mass is 313 g/mol. The van der Waals surface area contributed by atoms with Crippen LogP contribution in [0.25, 0.3) is 43.1 Å². The Labute approximate surface area is 145 Å². The highest BCUT2D eigenvalue weighted by molar-refractivity contribution is 6.31. The van der Waals surface area contributed by atoms with Crippen molar-refractivity contribution in [2.45, 2.75) is 0 Å². The van der Waals surface area contributed by atoms with Crippen molar-refractivity contribution in [3.63, 3.8) is 0 Å². The Balaban J connectivity index is 1.97. The predicted molar refractivity (Wildman–Crippen MR) is 106 cm³/mol. The molecule has 3 aliphatic carbocycles. The molecule has 4 aromatic carbocycles. The highest BCUT2D eigenvalue weighted by Gasteiger charge is 2.35. The van der Waals surface area contributed by atoms with Crippen LogP contribution in [-0.4, -0.2) is 0 Å². The van der Waals surface area contributed by atoms with Crippen molar-refractivity contribution >= 4 is 43.1 Å². The maximum Gasteiger partial charge on any atom is 0.0707 e. The smallest absolute Gasteiger partial charge is 0.0610 e. The lowest BCUT2D eigenvalue weighted by molar-refractivity contribution is 1.25. The van der Waals surface area contributed by atoms with Gasteiger partial charge in [-0.05, 0) is 71.4 Å². The SMILES string of the molecule is c1cc2ccc3ccc4cc5cccc6ccc7c(c1)[C+]2c3c4c7c65. The minimum absolute atomic E-state index is 1.33. The summed E-state index contributed by atoms with van der Waals surface area (Å²) in [5, 5.41) is 11.0. The van der Waals surface area contributed by atoms with E-state index in [0.29, 0.717) is 0 Å². The number of hydrogen-bond donors (Lipinski definition) is 0. The molecular formula is C25H13+. The Hall–Kier alpha value is -3.25. The van der Waals surface area contributed by atoms with Crippen LogP contribution in [0.15, 0.2) is 78.9 Å². The van der Waals surface area contributed by atoms with Gasteiger partial charge in [0.25, 0.3) is 0 Å². The summed E-state index contributed by atoms with van der Waals surface area (Å²) >= 11 is 0. The van der Waals surface area contributed by atoms with Crippen LogP contribution in [0.4, 0.5) is 0 Å². The van der Waals surface area contributed by atoms with Gasteiger partial charge in [-0.3, -0.25) is 0 Å². The van der Waals surface area contributed by atoms with Gasteiger partial charge < -0.3 is 0 Å².